The molecule has 0 radical (unpaired) electrons. The number of rotatable bonds is 5. The van der Waals surface area contributed by atoms with E-state index in [-0.39, 0.29) is 16.4 Å². The summed E-state index contributed by atoms with van der Waals surface area (Å²) in [5.74, 6) is -3.17. The lowest BCUT2D eigenvalue weighted by atomic mass is 10.1. The fraction of sp³-hybridized carbons (Fsp3) is 0.167. The molecule has 1 N–H and O–H groups in total. The molecule has 0 fully saturated rings. The minimum Gasteiger partial charge on any atom is -0.483 e. The largest absolute Gasteiger partial charge is 0.483 e. The number of fused-ring (bicyclic) bond motifs is 2. The van der Waals surface area contributed by atoms with Crippen LogP contribution in [0.5, 0.6) is 11.5 Å². The molecule has 0 unspecified atom stereocenters. The summed E-state index contributed by atoms with van der Waals surface area (Å²) in [6.07, 6.45) is 0. The van der Waals surface area contributed by atoms with Gasteiger partial charge in [0.2, 0.25) is 10.0 Å². The topological polar surface area (TPSA) is 64.6 Å². The first-order valence-electron chi connectivity index (χ1n) is 10.2. The third-order valence-electron chi connectivity index (χ3n) is 5.32. The number of hydrogen-bond acceptors (Lipinski definition) is 5. The van der Waals surface area contributed by atoms with Crippen LogP contribution in [0.3, 0.4) is 0 Å². The number of benzene rings is 3. The maximum Gasteiger partial charge on any atom is 0.314 e. The van der Waals surface area contributed by atoms with E-state index < -0.39 is 35.2 Å². The first-order chi connectivity index (χ1) is 16.2. The zero-order chi connectivity index (χ0) is 23.9. The van der Waals surface area contributed by atoms with Crippen LogP contribution in [0.1, 0.15) is 16.5 Å². The minimum atomic E-state index is -4.11. The van der Waals surface area contributed by atoms with Crippen LogP contribution in [0, 0.1) is 0 Å². The summed E-state index contributed by atoms with van der Waals surface area (Å²) in [5.41, 5.74) is 0.591. The summed E-state index contributed by atoms with van der Waals surface area (Å²) in [4.78, 5) is 0.616. The van der Waals surface area contributed by atoms with Crippen LogP contribution in [-0.4, -0.2) is 27.6 Å². The van der Waals surface area contributed by atoms with Gasteiger partial charge in [-0.15, -0.1) is 11.3 Å². The van der Waals surface area contributed by atoms with Gasteiger partial charge in [0.05, 0.1) is 10.9 Å². The van der Waals surface area contributed by atoms with Crippen molar-refractivity contribution in [2.45, 2.75) is 16.9 Å². The molecule has 1 aliphatic heterocycles. The molecule has 10 heteroatoms. The Balaban J connectivity index is 1.54. The maximum absolute atomic E-state index is 13.6. The molecule has 1 aromatic heterocycles. The van der Waals surface area contributed by atoms with Crippen molar-refractivity contribution in [1.82, 2.24) is 4.72 Å². The third-order valence-corrected chi connectivity index (χ3v) is 8.27. The quantitative estimate of drug-likeness (QED) is 0.348. The van der Waals surface area contributed by atoms with Crippen molar-refractivity contribution in [3.63, 3.8) is 0 Å². The minimum absolute atomic E-state index is 0.0586. The molecule has 0 aliphatic carbocycles. The molecule has 1 atom stereocenters. The molecule has 34 heavy (non-hydrogen) atoms. The van der Waals surface area contributed by atoms with Gasteiger partial charge in [-0.25, -0.2) is 8.42 Å². The molecular weight excluding hydrogens is 504 g/mol. The Kier molecular flexibility index (Phi) is 5.97. The van der Waals surface area contributed by atoms with E-state index in [2.05, 4.69) is 4.72 Å². The van der Waals surface area contributed by atoms with Crippen molar-refractivity contribution in [1.29, 1.82) is 0 Å². The van der Waals surface area contributed by atoms with E-state index in [0.29, 0.717) is 10.6 Å². The molecule has 176 valence electrons. The Hall–Kier alpha value is -2.72. The highest BCUT2D eigenvalue weighted by Gasteiger charge is 2.35. The molecular formula is C24H18ClF2NO4S2. The summed E-state index contributed by atoms with van der Waals surface area (Å²) < 4.78 is 68.1. The fourth-order valence-electron chi connectivity index (χ4n) is 3.65. The molecule has 0 spiro atoms. The second-order valence-electron chi connectivity index (χ2n) is 7.80. The number of thiophene rings is 1. The van der Waals surface area contributed by atoms with Gasteiger partial charge in [0.1, 0.15) is 0 Å². The normalized spacial score (nSPS) is 16.2. The van der Waals surface area contributed by atoms with Crippen molar-refractivity contribution < 1.29 is 26.7 Å². The molecule has 0 saturated carbocycles. The Bertz CT molecular complexity index is 1440. The van der Waals surface area contributed by atoms with Gasteiger partial charge in [-0.1, -0.05) is 48.0 Å². The predicted octanol–water partition coefficient (Wildman–Crippen LogP) is 6.03. The molecule has 2 heterocycles. The summed E-state index contributed by atoms with van der Waals surface area (Å²) in [6, 6.07) is 19.7. The molecule has 5 rings (SSSR count). The summed E-state index contributed by atoms with van der Waals surface area (Å²) in [5, 5.41) is 1.39. The van der Waals surface area contributed by atoms with Gasteiger partial charge in [0.25, 0.3) is 0 Å². The highest BCUT2D eigenvalue weighted by molar-refractivity contribution is 7.89. The Morgan fingerprint density at radius 3 is 2.41 bits per heavy atom. The number of sulfonamides is 1. The standard InChI is InChI=1S/C24H18ClF2NO4S2/c25-18-7-3-2-6-17(18)23(22-11-15-5-1-4-8-21(15)33-22)28-34(29,30)16-9-10-19-20(12-16)32-14-24(26,27)13-31-19/h1-12,23,28H,13-14H2/t23-/m1/s1. The average Bonchev–Trinajstić information content (AvgIpc) is 3.18. The smallest absolute Gasteiger partial charge is 0.314 e. The van der Waals surface area contributed by atoms with Crippen LogP contribution in [0.25, 0.3) is 10.1 Å². The van der Waals surface area contributed by atoms with Gasteiger partial charge >= 0.3 is 5.92 Å². The van der Waals surface area contributed by atoms with E-state index in [4.69, 9.17) is 21.1 Å². The third kappa shape index (κ3) is 4.61. The highest BCUT2D eigenvalue weighted by atomic mass is 35.5. The van der Waals surface area contributed by atoms with Crippen molar-refractivity contribution in [3.8, 4) is 11.5 Å². The number of hydrogen-bond donors (Lipinski definition) is 1. The summed E-state index contributed by atoms with van der Waals surface area (Å²) in [7, 11) is -4.11. The number of alkyl halides is 2. The van der Waals surface area contributed by atoms with Gasteiger partial charge in [-0.2, -0.15) is 13.5 Å². The Labute approximate surface area is 203 Å². The van der Waals surface area contributed by atoms with Crippen LogP contribution < -0.4 is 14.2 Å². The van der Waals surface area contributed by atoms with Crippen molar-refractivity contribution in [2.24, 2.45) is 0 Å². The molecule has 4 aromatic rings. The van der Waals surface area contributed by atoms with E-state index in [1.54, 1.807) is 24.3 Å². The summed E-state index contributed by atoms with van der Waals surface area (Å²) in [6.45, 7) is -1.74. The zero-order valence-corrected chi connectivity index (χ0v) is 19.9. The van der Waals surface area contributed by atoms with Crippen molar-refractivity contribution in [3.05, 3.63) is 88.3 Å². The lowest BCUT2D eigenvalue weighted by Crippen LogP contribution is -2.30. The lowest BCUT2D eigenvalue weighted by Gasteiger charge is -2.20. The SMILES string of the molecule is O=S(=O)(N[C@@H](c1cc2ccccc2s1)c1ccccc1Cl)c1ccc2c(c1)OCC(F)(F)CO2. The van der Waals surface area contributed by atoms with Gasteiger partial charge in [-0.3, -0.25) is 0 Å². The van der Waals surface area contributed by atoms with Gasteiger partial charge in [-0.05, 0) is 41.3 Å². The molecule has 0 saturated heterocycles. The number of nitrogens with one attached hydrogen (secondary N) is 1. The molecule has 1 aliphatic rings. The van der Waals surface area contributed by atoms with Crippen LogP contribution in [0.4, 0.5) is 8.78 Å². The van der Waals surface area contributed by atoms with Crippen LogP contribution in [-0.2, 0) is 10.0 Å². The van der Waals surface area contributed by atoms with E-state index in [9.17, 15) is 17.2 Å². The first kappa shape index (κ1) is 23.0. The van der Waals surface area contributed by atoms with Gasteiger partial charge in [0.15, 0.2) is 24.7 Å². The summed E-state index contributed by atoms with van der Waals surface area (Å²) >= 11 is 7.90. The van der Waals surface area contributed by atoms with Gasteiger partial charge < -0.3 is 9.47 Å². The van der Waals surface area contributed by atoms with Crippen LogP contribution >= 0.6 is 22.9 Å². The predicted molar refractivity (Wildman–Crippen MR) is 128 cm³/mol. The van der Waals surface area contributed by atoms with Crippen LogP contribution in [0.15, 0.2) is 77.7 Å². The first-order valence-corrected chi connectivity index (χ1v) is 12.9. The van der Waals surface area contributed by atoms with E-state index >= 15 is 0 Å². The molecule has 5 nitrogen and oxygen atoms in total. The number of halogens is 3. The fourth-order valence-corrected chi connectivity index (χ4v) is 6.31. The number of ether oxygens (including phenoxy) is 2. The van der Waals surface area contributed by atoms with E-state index in [1.807, 2.05) is 30.3 Å². The molecule has 0 bridgehead atoms. The molecule has 3 aromatic carbocycles. The highest BCUT2D eigenvalue weighted by Crippen LogP contribution is 2.38. The van der Waals surface area contributed by atoms with E-state index in [1.165, 1.54) is 29.5 Å². The van der Waals surface area contributed by atoms with Crippen molar-refractivity contribution >= 4 is 43.0 Å². The molecule has 0 amide bonds. The Morgan fingerprint density at radius 1 is 0.941 bits per heavy atom. The van der Waals surface area contributed by atoms with Crippen LogP contribution in [0.2, 0.25) is 5.02 Å². The Morgan fingerprint density at radius 2 is 1.65 bits per heavy atom. The average molecular weight is 522 g/mol. The second kappa shape index (κ2) is 8.81. The monoisotopic (exact) mass is 521 g/mol. The van der Waals surface area contributed by atoms with Gasteiger partial charge in [0, 0.05) is 20.7 Å². The van der Waals surface area contributed by atoms with E-state index in [0.717, 1.165) is 15.0 Å². The second-order valence-corrected chi connectivity index (χ2v) is 11.0. The zero-order valence-electron chi connectivity index (χ0n) is 17.5. The lowest BCUT2D eigenvalue weighted by molar-refractivity contribution is -0.0622. The van der Waals surface area contributed by atoms with Crippen molar-refractivity contribution in [2.75, 3.05) is 13.2 Å². The maximum atomic E-state index is 13.6.